The van der Waals surface area contributed by atoms with E-state index in [1.807, 2.05) is 17.5 Å². The number of nitrogens with one attached hydrogen (secondary N) is 1. The number of rotatable bonds is 7. The highest BCUT2D eigenvalue weighted by molar-refractivity contribution is 7.10. The van der Waals surface area contributed by atoms with Gasteiger partial charge in [-0.25, -0.2) is 4.39 Å². The fraction of sp³-hybridized carbons (Fsp3) is 0.143. The van der Waals surface area contributed by atoms with E-state index in [-0.39, 0.29) is 36.4 Å². The van der Waals surface area contributed by atoms with Gasteiger partial charge >= 0.3 is 0 Å². The second-order valence-electron chi connectivity index (χ2n) is 6.00. The van der Waals surface area contributed by atoms with Crippen LogP contribution in [0.5, 0.6) is 0 Å². The summed E-state index contributed by atoms with van der Waals surface area (Å²) in [7, 11) is 0. The summed E-state index contributed by atoms with van der Waals surface area (Å²) in [6, 6.07) is 16.1. The first-order valence-corrected chi connectivity index (χ1v) is 9.65. The minimum Gasteiger partial charge on any atom is -0.344 e. The van der Waals surface area contributed by atoms with Crippen LogP contribution in [0.1, 0.15) is 39.7 Å². The fourth-order valence-corrected chi connectivity index (χ4v) is 3.60. The Morgan fingerprint density at radius 1 is 1.00 bits per heavy atom. The van der Waals surface area contributed by atoms with E-state index >= 15 is 0 Å². The lowest BCUT2D eigenvalue weighted by Gasteiger charge is -2.18. The van der Waals surface area contributed by atoms with Gasteiger partial charge in [0.25, 0.3) is 0 Å². The van der Waals surface area contributed by atoms with Gasteiger partial charge in [0.15, 0.2) is 5.78 Å². The molecule has 1 aromatic heterocycles. The number of amides is 1. The van der Waals surface area contributed by atoms with Crippen LogP contribution in [0.15, 0.2) is 66.0 Å². The molecule has 0 radical (unpaired) electrons. The molecule has 0 aliphatic rings. The SMILES string of the molecule is O=C(CCC(=O)c1ccc(Cl)cc1)NC(c1ccc(F)cc1)c1cccs1. The van der Waals surface area contributed by atoms with Gasteiger partial charge in [-0.2, -0.15) is 0 Å². The molecule has 27 heavy (non-hydrogen) atoms. The van der Waals surface area contributed by atoms with Crippen molar-refractivity contribution in [2.45, 2.75) is 18.9 Å². The van der Waals surface area contributed by atoms with Crippen LogP contribution in [0.4, 0.5) is 4.39 Å². The lowest BCUT2D eigenvalue weighted by atomic mass is 10.0. The number of thiophene rings is 1. The van der Waals surface area contributed by atoms with E-state index in [0.29, 0.717) is 10.6 Å². The quantitative estimate of drug-likeness (QED) is 0.538. The van der Waals surface area contributed by atoms with E-state index in [0.717, 1.165) is 10.4 Å². The predicted octanol–water partition coefficient (Wildman–Crippen LogP) is 5.41. The molecule has 0 saturated carbocycles. The Bertz CT molecular complexity index is 908. The van der Waals surface area contributed by atoms with Gasteiger partial charge in [-0.3, -0.25) is 9.59 Å². The van der Waals surface area contributed by atoms with E-state index < -0.39 is 0 Å². The van der Waals surface area contributed by atoms with Crippen LogP contribution in [0.2, 0.25) is 5.02 Å². The zero-order chi connectivity index (χ0) is 19.2. The monoisotopic (exact) mass is 401 g/mol. The molecule has 1 N–H and O–H groups in total. The number of Topliss-reactive ketones (excluding diaryl/α,β-unsaturated/α-hetero) is 1. The minimum atomic E-state index is -0.372. The molecule has 1 heterocycles. The van der Waals surface area contributed by atoms with Gasteiger partial charge in [0, 0.05) is 28.3 Å². The van der Waals surface area contributed by atoms with Gasteiger partial charge in [0.2, 0.25) is 5.91 Å². The lowest BCUT2D eigenvalue weighted by molar-refractivity contribution is -0.121. The van der Waals surface area contributed by atoms with Gasteiger partial charge in [-0.05, 0) is 53.4 Å². The number of halogens is 2. The largest absolute Gasteiger partial charge is 0.344 e. The summed E-state index contributed by atoms with van der Waals surface area (Å²) in [5, 5.41) is 5.42. The lowest BCUT2D eigenvalue weighted by Crippen LogP contribution is -2.29. The number of carbonyl (C=O) groups excluding carboxylic acids is 2. The fourth-order valence-electron chi connectivity index (χ4n) is 2.67. The first-order valence-electron chi connectivity index (χ1n) is 8.40. The smallest absolute Gasteiger partial charge is 0.221 e. The van der Waals surface area contributed by atoms with E-state index in [1.54, 1.807) is 36.4 Å². The zero-order valence-electron chi connectivity index (χ0n) is 14.3. The second kappa shape index (κ2) is 8.93. The highest BCUT2D eigenvalue weighted by Crippen LogP contribution is 2.26. The van der Waals surface area contributed by atoms with Crippen molar-refractivity contribution in [3.05, 3.63) is 92.9 Å². The number of benzene rings is 2. The van der Waals surface area contributed by atoms with Crippen molar-refractivity contribution in [2.75, 3.05) is 0 Å². The topological polar surface area (TPSA) is 46.2 Å². The third-order valence-corrected chi connectivity index (χ3v) is 5.27. The van der Waals surface area contributed by atoms with Gasteiger partial charge < -0.3 is 5.32 Å². The second-order valence-corrected chi connectivity index (χ2v) is 7.41. The zero-order valence-corrected chi connectivity index (χ0v) is 15.9. The summed E-state index contributed by atoms with van der Waals surface area (Å²) in [5.74, 6) is -0.681. The molecule has 3 nitrogen and oxygen atoms in total. The van der Waals surface area contributed by atoms with E-state index in [9.17, 15) is 14.0 Å². The van der Waals surface area contributed by atoms with Gasteiger partial charge in [0.1, 0.15) is 5.82 Å². The maximum absolute atomic E-state index is 13.2. The molecule has 1 atom stereocenters. The molecule has 0 spiro atoms. The summed E-state index contributed by atoms with van der Waals surface area (Å²) in [6.45, 7) is 0. The Balaban J connectivity index is 1.65. The summed E-state index contributed by atoms with van der Waals surface area (Å²) in [6.07, 6.45) is 0.179. The van der Waals surface area contributed by atoms with Crippen LogP contribution in [-0.2, 0) is 4.79 Å². The molecule has 138 valence electrons. The van der Waals surface area contributed by atoms with Crippen LogP contribution < -0.4 is 5.32 Å². The molecule has 2 aromatic carbocycles. The summed E-state index contributed by atoms with van der Waals surface area (Å²) in [5.41, 5.74) is 1.32. The maximum Gasteiger partial charge on any atom is 0.221 e. The summed E-state index contributed by atoms with van der Waals surface area (Å²) in [4.78, 5) is 25.6. The first-order chi connectivity index (χ1) is 13.0. The Kier molecular flexibility index (Phi) is 6.37. The Labute approximate surface area is 165 Å². The molecule has 3 rings (SSSR count). The average Bonchev–Trinajstić information content (AvgIpc) is 3.20. The first kappa shape index (κ1) is 19.3. The maximum atomic E-state index is 13.2. The van der Waals surface area contributed by atoms with E-state index in [2.05, 4.69) is 5.32 Å². The van der Waals surface area contributed by atoms with Crippen LogP contribution in [0, 0.1) is 5.82 Å². The Hall–Kier alpha value is -2.50. The molecule has 6 heteroatoms. The highest BCUT2D eigenvalue weighted by Gasteiger charge is 2.19. The predicted molar refractivity (Wildman–Crippen MR) is 106 cm³/mol. The third-order valence-electron chi connectivity index (χ3n) is 4.08. The van der Waals surface area contributed by atoms with Crippen molar-refractivity contribution in [1.82, 2.24) is 5.32 Å². The molecule has 1 amide bonds. The Morgan fingerprint density at radius 3 is 2.33 bits per heavy atom. The van der Waals surface area contributed by atoms with Crippen LogP contribution in [0.25, 0.3) is 0 Å². The minimum absolute atomic E-state index is 0.0739. The standard InChI is InChI=1S/C21H17ClFNO2S/c22-16-7-3-14(4-8-16)18(25)11-12-20(26)24-21(19-2-1-13-27-19)15-5-9-17(23)10-6-15/h1-10,13,21H,11-12H2,(H,24,26). The third kappa shape index (κ3) is 5.25. The van der Waals surface area contributed by atoms with Crippen molar-refractivity contribution in [2.24, 2.45) is 0 Å². The number of hydrogen-bond acceptors (Lipinski definition) is 3. The number of carbonyl (C=O) groups is 2. The highest BCUT2D eigenvalue weighted by atomic mass is 35.5. The molecule has 0 aliphatic carbocycles. The van der Waals surface area contributed by atoms with Crippen LogP contribution >= 0.6 is 22.9 Å². The Morgan fingerprint density at radius 2 is 1.70 bits per heavy atom. The number of hydrogen-bond donors (Lipinski definition) is 1. The van der Waals surface area contributed by atoms with Gasteiger partial charge in [0.05, 0.1) is 6.04 Å². The van der Waals surface area contributed by atoms with Crippen LogP contribution in [-0.4, -0.2) is 11.7 Å². The van der Waals surface area contributed by atoms with E-state index in [4.69, 9.17) is 11.6 Å². The molecule has 3 aromatic rings. The average molecular weight is 402 g/mol. The number of ketones is 1. The van der Waals surface area contributed by atoms with Crippen molar-refractivity contribution in [3.8, 4) is 0 Å². The normalized spacial score (nSPS) is 11.8. The summed E-state index contributed by atoms with van der Waals surface area (Å²) >= 11 is 7.33. The summed E-state index contributed by atoms with van der Waals surface area (Å²) < 4.78 is 13.2. The van der Waals surface area contributed by atoms with Crippen LogP contribution in [0.3, 0.4) is 0 Å². The van der Waals surface area contributed by atoms with E-state index in [1.165, 1.54) is 23.5 Å². The van der Waals surface area contributed by atoms with Gasteiger partial charge in [-0.1, -0.05) is 29.8 Å². The van der Waals surface area contributed by atoms with Gasteiger partial charge in [-0.15, -0.1) is 11.3 Å². The molecule has 1 unspecified atom stereocenters. The van der Waals surface area contributed by atoms with Crippen molar-refractivity contribution in [1.29, 1.82) is 0 Å². The molecule has 0 bridgehead atoms. The van der Waals surface area contributed by atoms with Crippen molar-refractivity contribution in [3.63, 3.8) is 0 Å². The molecular formula is C21H17ClFNO2S. The molecular weight excluding hydrogens is 385 g/mol. The van der Waals surface area contributed by atoms with Crippen molar-refractivity contribution < 1.29 is 14.0 Å². The molecule has 0 fully saturated rings. The van der Waals surface area contributed by atoms with Crippen molar-refractivity contribution >= 4 is 34.6 Å². The molecule has 0 saturated heterocycles. The molecule has 0 aliphatic heterocycles.